The van der Waals surface area contributed by atoms with Crippen LogP contribution in [0.5, 0.6) is 0 Å². The molecule has 4 heteroatoms. The Labute approximate surface area is 114 Å². The number of likely N-dealkylation sites (N-methyl/N-ethyl adjacent to an activating group) is 1. The highest BCUT2D eigenvalue weighted by atomic mass is 16.4. The molecule has 1 rings (SSSR count). The lowest BCUT2D eigenvalue weighted by Gasteiger charge is -2.30. The number of carboxylic acids is 1. The third-order valence-corrected chi connectivity index (χ3v) is 3.09. The second-order valence-corrected chi connectivity index (χ2v) is 4.23. The molecule has 0 heterocycles. The third kappa shape index (κ3) is 5.14. The monoisotopic (exact) mass is 262 g/mol. The minimum Gasteiger partial charge on any atom is -0.478 e. The van der Waals surface area contributed by atoms with Crippen molar-refractivity contribution in [3.8, 4) is 0 Å². The molecule has 0 saturated carbocycles. The van der Waals surface area contributed by atoms with Crippen molar-refractivity contribution in [1.82, 2.24) is 10.2 Å². The standard InChI is InChI=1S/C15H22N2O2/c1-3-17(4-2)14(12-16-11-10-15(18)19)13-8-6-5-7-9-13/h5-11,14,16H,3-4,12H2,1-2H3,(H,18,19)/b11-10+. The van der Waals surface area contributed by atoms with Crippen molar-refractivity contribution in [2.75, 3.05) is 19.6 Å². The van der Waals surface area contributed by atoms with Gasteiger partial charge < -0.3 is 10.4 Å². The van der Waals surface area contributed by atoms with Gasteiger partial charge in [0.05, 0.1) is 6.04 Å². The summed E-state index contributed by atoms with van der Waals surface area (Å²) in [5.74, 6) is -0.938. The number of rotatable bonds is 8. The van der Waals surface area contributed by atoms with Gasteiger partial charge in [-0.2, -0.15) is 0 Å². The Morgan fingerprint density at radius 2 is 1.95 bits per heavy atom. The summed E-state index contributed by atoms with van der Waals surface area (Å²) in [5, 5.41) is 11.6. The van der Waals surface area contributed by atoms with Crippen molar-refractivity contribution in [2.24, 2.45) is 0 Å². The van der Waals surface area contributed by atoms with E-state index in [1.807, 2.05) is 18.2 Å². The van der Waals surface area contributed by atoms with E-state index >= 15 is 0 Å². The van der Waals surface area contributed by atoms with Gasteiger partial charge in [-0.15, -0.1) is 0 Å². The van der Waals surface area contributed by atoms with E-state index in [2.05, 4.69) is 36.2 Å². The van der Waals surface area contributed by atoms with Gasteiger partial charge in [0.1, 0.15) is 0 Å². The van der Waals surface area contributed by atoms with Crippen molar-refractivity contribution in [3.05, 3.63) is 48.2 Å². The number of carbonyl (C=O) groups is 1. The van der Waals surface area contributed by atoms with Crippen LogP contribution in [0.2, 0.25) is 0 Å². The fraction of sp³-hybridized carbons (Fsp3) is 0.400. The molecule has 19 heavy (non-hydrogen) atoms. The number of hydrogen-bond donors (Lipinski definition) is 2. The van der Waals surface area contributed by atoms with E-state index in [4.69, 9.17) is 5.11 Å². The molecule has 4 nitrogen and oxygen atoms in total. The first-order valence-corrected chi connectivity index (χ1v) is 6.60. The zero-order valence-electron chi connectivity index (χ0n) is 11.5. The highest BCUT2D eigenvalue weighted by Crippen LogP contribution is 2.19. The highest BCUT2D eigenvalue weighted by Gasteiger charge is 2.16. The van der Waals surface area contributed by atoms with Crippen LogP contribution in [0.1, 0.15) is 25.5 Å². The second kappa shape index (κ2) is 8.32. The zero-order chi connectivity index (χ0) is 14.1. The molecular weight excluding hydrogens is 240 g/mol. The fourth-order valence-corrected chi connectivity index (χ4v) is 2.11. The second-order valence-electron chi connectivity index (χ2n) is 4.23. The Kier molecular flexibility index (Phi) is 6.68. The number of nitrogens with one attached hydrogen (secondary N) is 1. The zero-order valence-corrected chi connectivity index (χ0v) is 11.5. The van der Waals surface area contributed by atoms with E-state index in [9.17, 15) is 4.79 Å². The lowest BCUT2D eigenvalue weighted by atomic mass is 10.1. The van der Waals surface area contributed by atoms with Crippen LogP contribution in [0.25, 0.3) is 0 Å². The summed E-state index contributed by atoms with van der Waals surface area (Å²) in [6.07, 6.45) is 2.60. The van der Waals surface area contributed by atoms with Crippen molar-refractivity contribution in [2.45, 2.75) is 19.9 Å². The molecule has 0 bridgehead atoms. The fourth-order valence-electron chi connectivity index (χ4n) is 2.11. The van der Waals surface area contributed by atoms with E-state index in [0.717, 1.165) is 19.2 Å². The van der Waals surface area contributed by atoms with Gasteiger partial charge in [0.2, 0.25) is 0 Å². The molecule has 104 valence electrons. The minimum atomic E-state index is -0.938. The van der Waals surface area contributed by atoms with E-state index in [-0.39, 0.29) is 6.04 Å². The summed E-state index contributed by atoms with van der Waals surface area (Å²) in [5.41, 5.74) is 1.24. The number of carboxylic acid groups (broad SMARTS) is 1. The smallest absolute Gasteiger partial charge is 0.329 e. The topological polar surface area (TPSA) is 52.6 Å². The number of benzene rings is 1. The predicted molar refractivity (Wildman–Crippen MR) is 76.9 cm³/mol. The molecule has 1 atom stereocenters. The molecule has 0 radical (unpaired) electrons. The summed E-state index contributed by atoms with van der Waals surface area (Å²) in [7, 11) is 0. The molecular formula is C15H22N2O2. The maximum Gasteiger partial charge on any atom is 0.329 e. The Bertz CT molecular complexity index is 400. The summed E-state index contributed by atoms with van der Waals surface area (Å²) in [6.45, 7) is 6.87. The Hall–Kier alpha value is -1.81. The van der Waals surface area contributed by atoms with Crippen molar-refractivity contribution in [3.63, 3.8) is 0 Å². The van der Waals surface area contributed by atoms with Gasteiger partial charge in [-0.3, -0.25) is 4.90 Å². The molecule has 0 amide bonds. The average Bonchev–Trinajstić information content (AvgIpc) is 2.43. The van der Waals surface area contributed by atoms with Crippen molar-refractivity contribution in [1.29, 1.82) is 0 Å². The molecule has 0 aliphatic carbocycles. The molecule has 2 N–H and O–H groups in total. The van der Waals surface area contributed by atoms with Gasteiger partial charge >= 0.3 is 5.97 Å². The van der Waals surface area contributed by atoms with Crippen LogP contribution in [0.15, 0.2) is 42.6 Å². The van der Waals surface area contributed by atoms with Crippen molar-refractivity contribution < 1.29 is 9.90 Å². The van der Waals surface area contributed by atoms with Gasteiger partial charge in [-0.05, 0) is 18.7 Å². The Balaban J connectivity index is 2.73. The van der Waals surface area contributed by atoms with E-state index < -0.39 is 5.97 Å². The molecule has 0 aliphatic heterocycles. The van der Waals surface area contributed by atoms with Gasteiger partial charge in [-0.1, -0.05) is 44.2 Å². The molecule has 0 fully saturated rings. The van der Waals surface area contributed by atoms with Gasteiger partial charge in [-0.25, -0.2) is 4.79 Å². The average molecular weight is 262 g/mol. The normalized spacial score (nSPS) is 12.8. The molecule has 1 aromatic carbocycles. The predicted octanol–water partition coefficient (Wildman–Crippen LogP) is 2.26. The summed E-state index contributed by atoms with van der Waals surface area (Å²) in [4.78, 5) is 12.8. The van der Waals surface area contributed by atoms with Crippen molar-refractivity contribution >= 4 is 5.97 Å². The van der Waals surface area contributed by atoms with E-state index in [0.29, 0.717) is 6.54 Å². The first kappa shape index (κ1) is 15.2. The first-order chi connectivity index (χ1) is 9.19. The largest absolute Gasteiger partial charge is 0.478 e. The Morgan fingerprint density at radius 1 is 1.32 bits per heavy atom. The van der Waals surface area contributed by atoms with Crippen LogP contribution in [-0.2, 0) is 4.79 Å². The number of nitrogens with zero attached hydrogens (tertiary/aromatic N) is 1. The maximum absolute atomic E-state index is 10.4. The molecule has 1 aromatic rings. The van der Waals surface area contributed by atoms with Crippen LogP contribution in [0, 0.1) is 0 Å². The summed E-state index contributed by atoms with van der Waals surface area (Å²) < 4.78 is 0. The number of aliphatic carboxylic acids is 1. The number of hydrogen-bond acceptors (Lipinski definition) is 3. The van der Waals surface area contributed by atoms with Crippen LogP contribution in [0.4, 0.5) is 0 Å². The van der Waals surface area contributed by atoms with Crippen LogP contribution < -0.4 is 5.32 Å². The quantitative estimate of drug-likeness (QED) is 0.706. The summed E-state index contributed by atoms with van der Waals surface area (Å²) >= 11 is 0. The summed E-state index contributed by atoms with van der Waals surface area (Å²) in [6, 6.07) is 10.5. The SMILES string of the molecule is CCN(CC)C(CN/C=C/C(=O)O)c1ccccc1. The minimum absolute atomic E-state index is 0.245. The van der Waals surface area contributed by atoms with Gasteiger partial charge in [0, 0.05) is 18.8 Å². The molecule has 0 aromatic heterocycles. The highest BCUT2D eigenvalue weighted by molar-refractivity contribution is 5.79. The lowest BCUT2D eigenvalue weighted by Crippen LogP contribution is -2.34. The van der Waals surface area contributed by atoms with E-state index in [1.54, 1.807) is 0 Å². The van der Waals surface area contributed by atoms with Gasteiger partial charge in [0.25, 0.3) is 0 Å². The molecule has 1 unspecified atom stereocenters. The lowest BCUT2D eigenvalue weighted by molar-refractivity contribution is -0.131. The van der Waals surface area contributed by atoms with Crippen LogP contribution in [0.3, 0.4) is 0 Å². The van der Waals surface area contributed by atoms with Crippen LogP contribution in [-0.4, -0.2) is 35.6 Å². The Morgan fingerprint density at radius 3 is 2.47 bits per heavy atom. The van der Waals surface area contributed by atoms with Gasteiger partial charge in [0.15, 0.2) is 0 Å². The molecule has 0 saturated heterocycles. The first-order valence-electron chi connectivity index (χ1n) is 6.60. The van der Waals surface area contributed by atoms with Crippen LogP contribution >= 0.6 is 0 Å². The third-order valence-electron chi connectivity index (χ3n) is 3.09. The maximum atomic E-state index is 10.4. The van der Waals surface area contributed by atoms with E-state index in [1.165, 1.54) is 11.8 Å². The molecule has 0 aliphatic rings. The molecule has 0 spiro atoms.